The highest BCUT2D eigenvalue weighted by Gasteiger charge is 2.38. The second-order valence-corrected chi connectivity index (χ2v) is 5.91. The molecule has 5 heteroatoms. The second-order valence-electron chi connectivity index (χ2n) is 5.47. The van der Waals surface area contributed by atoms with Crippen molar-refractivity contribution in [3.8, 4) is 5.75 Å². The lowest BCUT2D eigenvalue weighted by molar-refractivity contribution is 0.0571. The Morgan fingerprint density at radius 1 is 1.45 bits per heavy atom. The number of fused-ring (bicyclic) bond motifs is 1. The minimum Gasteiger partial charge on any atom is -0.496 e. The molecular formula is C15H19ClN2O2. The molecule has 2 fully saturated rings. The molecular weight excluding hydrogens is 276 g/mol. The molecule has 2 saturated heterocycles. The van der Waals surface area contributed by atoms with E-state index >= 15 is 0 Å². The number of carbonyl (C=O) groups is 1. The molecule has 0 bridgehead atoms. The van der Waals surface area contributed by atoms with E-state index in [-0.39, 0.29) is 5.91 Å². The van der Waals surface area contributed by atoms with Crippen molar-refractivity contribution in [2.45, 2.75) is 18.9 Å². The molecule has 4 nitrogen and oxygen atoms in total. The summed E-state index contributed by atoms with van der Waals surface area (Å²) >= 11 is 6.03. The average molecular weight is 295 g/mol. The molecule has 0 saturated carbocycles. The van der Waals surface area contributed by atoms with Crippen LogP contribution in [0, 0.1) is 5.92 Å². The van der Waals surface area contributed by atoms with Crippen LogP contribution in [0.3, 0.4) is 0 Å². The van der Waals surface area contributed by atoms with Gasteiger partial charge in [0.05, 0.1) is 12.7 Å². The first kappa shape index (κ1) is 13.7. The van der Waals surface area contributed by atoms with Gasteiger partial charge >= 0.3 is 0 Å². The third kappa shape index (κ3) is 2.38. The van der Waals surface area contributed by atoms with Crippen molar-refractivity contribution in [3.63, 3.8) is 0 Å². The number of rotatable bonds is 2. The Bertz CT molecular complexity index is 521. The molecule has 3 rings (SSSR count). The summed E-state index contributed by atoms with van der Waals surface area (Å²) in [5.41, 5.74) is 0.563. The summed E-state index contributed by atoms with van der Waals surface area (Å²) in [6.07, 6.45) is 2.27. The van der Waals surface area contributed by atoms with E-state index in [4.69, 9.17) is 16.3 Å². The first-order valence-corrected chi connectivity index (χ1v) is 7.43. The minimum atomic E-state index is 0.0303. The van der Waals surface area contributed by atoms with Crippen LogP contribution in [0.2, 0.25) is 5.02 Å². The Morgan fingerprint density at radius 2 is 2.30 bits per heavy atom. The molecule has 2 atom stereocenters. The number of likely N-dealkylation sites (tertiary alicyclic amines) is 1. The van der Waals surface area contributed by atoms with Crippen molar-refractivity contribution < 1.29 is 9.53 Å². The van der Waals surface area contributed by atoms with Gasteiger partial charge in [-0.05, 0) is 37.0 Å². The SMILES string of the molecule is COc1ccc(Cl)cc1C(=O)N1CCCC2CNCC21. The molecule has 0 aliphatic carbocycles. The number of halogens is 1. The van der Waals surface area contributed by atoms with Crippen LogP contribution in [-0.2, 0) is 0 Å². The van der Waals surface area contributed by atoms with Gasteiger partial charge < -0.3 is 15.0 Å². The minimum absolute atomic E-state index is 0.0303. The second kappa shape index (κ2) is 5.62. The number of nitrogens with zero attached hydrogens (tertiary/aromatic N) is 1. The first-order chi connectivity index (χ1) is 9.70. The first-order valence-electron chi connectivity index (χ1n) is 7.06. The lowest BCUT2D eigenvalue weighted by Crippen LogP contribution is -2.48. The highest BCUT2D eigenvalue weighted by atomic mass is 35.5. The number of piperidine rings is 1. The summed E-state index contributed by atoms with van der Waals surface area (Å²) in [5, 5.41) is 3.95. The number of ether oxygens (including phenoxy) is 1. The van der Waals surface area contributed by atoms with E-state index in [2.05, 4.69) is 5.32 Å². The van der Waals surface area contributed by atoms with E-state index < -0.39 is 0 Å². The Kier molecular flexibility index (Phi) is 3.85. The van der Waals surface area contributed by atoms with Crippen molar-refractivity contribution in [1.29, 1.82) is 0 Å². The van der Waals surface area contributed by atoms with Gasteiger partial charge in [0.15, 0.2) is 0 Å². The molecule has 1 aromatic rings. The maximum absolute atomic E-state index is 12.8. The van der Waals surface area contributed by atoms with E-state index in [0.717, 1.165) is 26.1 Å². The van der Waals surface area contributed by atoms with Crippen LogP contribution in [0.1, 0.15) is 23.2 Å². The fourth-order valence-electron chi connectivity index (χ4n) is 3.32. The fourth-order valence-corrected chi connectivity index (χ4v) is 3.49. The molecule has 0 spiro atoms. The van der Waals surface area contributed by atoms with Gasteiger partial charge in [-0.2, -0.15) is 0 Å². The fraction of sp³-hybridized carbons (Fsp3) is 0.533. The van der Waals surface area contributed by atoms with Gasteiger partial charge in [-0.15, -0.1) is 0 Å². The van der Waals surface area contributed by atoms with Gasteiger partial charge in [0.25, 0.3) is 5.91 Å². The van der Waals surface area contributed by atoms with Crippen LogP contribution in [0.25, 0.3) is 0 Å². The molecule has 2 aliphatic heterocycles. The standard InChI is InChI=1S/C15H19ClN2O2/c1-20-14-5-4-11(16)7-12(14)15(19)18-6-2-3-10-8-17-9-13(10)18/h4-5,7,10,13,17H,2-3,6,8-9H2,1H3. The monoisotopic (exact) mass is 294 g/mol. The van der Waals surface area contributed by atoms with Gasteiger partial charge in [0.2, 0.25) is 0 Å². The van der Waals surface area contributed by atoms with Gasteiger partial charge in [0, 0.05) is 30.7 Å². The van der Waals surface area contributed by atoms with E-state index in [1.54, 1.807) is 25.3 Å². The third-order valence-corrected chi connectivity index (χ3v) is 4.57. The van der Waals surface area contributed by atoms with Crippen molar-refractivity contribution in [2.24, 2.45) is 5.92 Å². The Labute approximate surface area is 124 Å². The predicted molar refractivity (Wildman–Crippen MR) is 78.4 cm³/mol. The number of carbonyl (C=O) groups excluding carboxylic acids is 1. The van der Waals surface area contributed by atoms with Crippen molar-refractivity contribution >= 4 is 17.5 Å². The third-order valence-electron chi connectivity index (χ3n) is 4.33. The molecule has 0 aromatic heterocycles. The Hall–Kier alpha value is -1.26. The van der Waals surface area contributed by atoms with Crippen LogP contribution in [0.4, 0.5) is 0 Å². The molecule has 108 valence electrons. The van der Waals surface area contributed by atoms with Crippen LogP contribution in [0.15, 0.2) is 18.2 Å². The number of hydrogen-bond acceptors (Lipinski definition) is 3. The largest absolute Gasteiger partial charge is 0.496 e. The zero-order valence-corrected chi connectivity index (χ0v) is 12.3. The van der Waals surface area contributed by atoms with Gasteiger partial charge in [-0.1, -0.05) is 11.6 Å². The van der Waals surface area contributed by atoms with Crippen molar-refractivity contribution in [1.82, 2.24) is 10.2 Å². The molecule has 1 amide bonds. The topological polar surface area (TPSA) is 41.6 Å². The Morgan fingerprint density at radius 3 is 3.10 bits per heavy atom. The molecule has 0 radical (unpaired) electrons. The zero-order valence-electron chi connectivity index (χ0n) is 11.6. The molecule has 2 aliphatic rings. The van der Waals surface area contributed by atoms with Crippen LogP contribution in [-0.4, -0.2) is 43.6 Å². The number of methoxy groups -OCH3 is 1. The van der Waals surface area contributed by atoms with Crippen LogP contribution >= 0.6 is 11.6 Å². The van der Waals surface area contributed by atoms with Crippen LogP contribution in [0.5, 0.6) is 5.75 Å². The highest BCUT2D eigenvalue weighted by Crippen LogP contribution is 2.30. The summed E-state index contributed by atoms with van der Waals surface area (Å²) in [6.45, 7) is 2.72. The van der Waals surface area contributed by atoms with Gasteiger partial charge in [-0.3, -0.25) is 4.79 Å². The van der Waals surface area contributed by atoms with Gasteiger partial charge in [0.1, 0.15) is 5.75 Å². The quantitative estimate of drug-likeness (QED) is 0.909. The van der Waals surface area contributed by atoms with E-state index in [0.29, 0.717) is 28.3 Å². The Balaban J connectivity index is 1.90. The van der Waals surface area contributed by atoms with Crippen LogP contribution < -0.4 is 10.1 Å². The summed E-state index contributed by atoms with van der Waals surface area (Å²) in [7, 11) is 1.58. The molecule has 1 N–H and O–H groups in total. The van der Waals surface area contributed by atoms with Crippen molar-refractivity contribution in [3.05, 3.63) is 28.8 Å². The number of nitrogens with one attached hydrogen (secondary N) is 1. The summed E-state index contributed by atoms with van der Waals surface area (Å²) < 4.78 is 5.30. The maximum Gasteiger partial charge on any atom is 0.257 e. The lowest BCUT2D eigenvalue weighted by atomic mass is 9.91. The highest BCUT2D eigenvalue weighted by molar-refractivity contribution is 6.31. The smallest absolute Gasteiger partial charge is 0.257 e. The molecule has 1 aromatic carbocycles. The maximum atomic E-state index is 12.8. The summed E-state index contributed by atoms with van der Waals surface area (Å²) in [6, 6.07) is 5.51. The lowest BCUT2D eigenvalue weighted by Gasteiger charge is -2.37. The average Bonchev–Trinajstić information content (AvgIpc) is 2.94. The molecule has 2 heterocycles. The zero-order chi connectivity index (χ0) is 14.1. The van der Waals surface area contributed by atoms with E-state index in [1.807, 2.05) is 4.90 Å². The van der Waals surface area contributed by atoms with E-state index in [9.17, 15) is 4.79 Å². The predicted octanol–water partition coefficient (Wildman–Crippen LogP) is 2.17. The number of amides is 1. The van der Waals surface area contributed by atoms with Crippen molar-refractivity contribution in [2.75, 3.05) is 26.7 Å². The van der Waals surface area contributed by atoms with Gasteiger partial charge in [-0.25, -0.2) is 0 Å². The van der Waals surface area contributed by atoms with E-state index in [1.165, 1.54) is 6.42 Å². The number of benzene rings is 1. The number of hydrogen-bond donors (Lipinski definition) is 1. The normalized spacial score (nSPS) is 25.4. The summed E-state index contributed by atoms with van der Waals surface area (Å²) in [5.74, 6) is 1.20. The molecule has 2 unspecified atom stereocenters. The molecule has 20 heavy (non-hydrogen) atoms. The summed E-state index contributed by atoms with van der Waals surface area (Å²) in [4.78, 5) is 14.8.